The Morgan fingerprint density at radius 1 is 1.16 bits per heavy atom. The molecule has 4 rings (SSSR count). The monoisotopic (exact) mass is 519 g/mol. The first-order valence-corrected chi connectivity index (χ1v) is 11.7. The van der Waals surface area contributed by atoms with E-state index in [-0.39, 0.29) is 17.2 Å². The van der Waals surface area contributed by atoms with E-state index in [0.717, 1.165) is 10.9 Å². The second-order valence-electron chi connectivity index (χ2n) is 8.84. The highest BCUT2D eigenvalue weighted by Gasteiger charge is 2.24. The Morgan fingerprint density at radius 3 is 2.61 bits per heavy atom. The SMILES string of the molecule is COC(=O)c1cnc(Nc2cc([N+](=O)[O-])c(N(C)CCN(C)C)cc2OC)nc1-c1c[nH]c2ccccc12. The number of nitrogens with zero attached hydrogens (tertiary/aromatic N) is 5. The number of aromatic nitrogens is 3. The van der Waals surface area contributed by atoms with Crippen LogP contribution in [0.1, 0.15) is 10.4 Å². The molecule has 0 fully saturated rings. The zero-order chi connectivity index (χ0) is 27.4. The van der Waals surface area contributed by atoms with Crippen molar-refractivity contribution in [3.63, 3.8) is 0 Å². The number of likely N-dealkylation sites (N-methyl/N-ethyl adjacent to an activating group) is 2. The number of anilines is 3. The van der Waals surface area contributed by atoms with Gasteiger partial charge >= 0.3 is 5.97 Å². The average molecular weight is 520 g/mol. The molecule has 0 unspecified atom stereocenters. The van der Waals surface area contributed by atoms with Crippen molar-refractivity contribution in [2.45, 2.75) is 0 Å². The summed E-state index contributed by atoms with van der Waals surface area (Å²) < 4.78 is 10.5. The molecule has 12 nitrogen and oxygen atoms in total. The third-order valence-electron chi connectivity index (χ3n) is 6.07. The van der Waals surface area contributed by atoms with Crippen LogP contribution < -0.4 is 15.0 Å². The molecule has 0 aliphatic carbocycles. The number of nitrogens with one attached hydrogen (secondary N) is 2. The van der Waals surface area contributed by atoms with Gasteiger partial charge in [0.1, 0.15) is 17.0 Å². The molecule has 198 valence electrons. The van der Waals surface area contributed by atoms with Crippen molar-refractivity contribution in [1.29, 1.82) is 0 Å². The summed E-state index contributed by atoms with van der Waals surface area (Å²) in [5, 5.41) is 15.9. The first-order chi connectivity index (χ1) is 18.2. The van der Waals surface area contributed by atoms with E-state index in [9.17, 15) is 14.9 Å². The first-order valence-electron chi connectivity index (χ1n) is 11.7. The normalized spacial score (nSPS) is 11.0. The fraction of sp³-hybridized carbons (Fsp3) is 0.269. The van der Waals surface area contributed by atoms with Crippen LogP contribution in [0.15, 0.2) is 48.8 Å². The van der Waals surface area contributed by atoms with Crippen molar-refractivity contribution in [1.82, 2.24) is 19.9 Å². The Hall–Kier alpha value is -4.71. The van der Waals surface area contributed by atoms with Crippen LogP contribution in [-0.4, -0.2) is 79.2 Å². The van der Waals surface area contributed by atoms with Crippen molar-refractivity contribution in [2.24, 2.45) is 0 Å². The maximum atomic E-state index is 12.5. The molecule has 12 heteroatoms. The number of para-hydroxylation sites is 1. The Bertz CT molecular complexity index is 1480. The quantitative estimate of drug-likeness (QED) is 0.179. The van der Waals surface area contributed by atoms with Crippen LogP contribution in [0.2, 0.25) is 0 Å². The number of nitro groups is 1. The standard InChI is InChI=1S/C26H29N7O5/c1-31(2)10-11-32(3)21-13-23(37-4)20(12-22(21)33(35)36)29-26-28-15-18(25(34)38-5)24(30-26)17-14-27-19-9-7-6-8-16(17)19/h6-9,12-15,27H,10-11H2,1-5H3,(H,28,29,30). The molecule has 38 heavy (non-hydrogen) atoms. The van der Waals surface area contributed by atoms with Crippen LogP contribution in [0.5, 0.6) is 5.75 Å². The molecule has 0 saturated heterocycles. The summed E-state index contributed by atoms with van der Waals surface area (Å²) >= 11 is 0. The molecule has 4 aromatic rings. The Kier molecular flexibility index (Phi) is 7.72. The van der Waals surface area contributed by atoms with Gasteiger partial charge in [-0.3, -0.25) is 10.1 Å². The van der Waals surface area contributed by atoms with Gasteiger partial charge in [-0.15, -0.1) is 0 Å². The highest BCUT2D eigenvalue weighted by atomic mass is 16.6. The lowest BCUT2D eigenvalue weighted by Crippen LogP contribution is -2.29. The summed E-state index contributed by atoms with van der Waals surface area (Å²) in [4.78, 5) is 39.9. The number of aromatic amines is 1. The maximum absolute atomic E-state index is 12.5. The molecule has 0 aliphatic rings. The predicted octanol–water partition coefficient (Wildman–Crippen LogP) is 4.07. The van der Waals surface area contributed by atoms with E-state index in [4.69, 9.17) is 9.47 Å². The number of hydrogen-bond acceptors (Lipinski definition) is 10. The van der Waals surface area contributed by atoms with Gasteiger partial charge in [-0.2, -0.15) is 0 Å². The van der Waals surface area contributed by atoms with Crippen molar-refractivity contribution in [3.05, 3.63) is 64.5 Å². The molecule has 2 heterocycles. The number of H-pyrrole nitrogens is 1. The van der Waals surface area contributed by atoms with E-state index in [1.165, 1.54) is 26.5 Å². The van der Waals surface area contributed by atoms with Crippen LogP contribution in [0, 0.1) is 10.1 Å². The van der Waals surface area contributed by atoms with Crippen LogP contribution in [0.4, 0.5) is 23.0 Å². The lowest BCUT2D eigenvalue weighted by molar-refractivity contribution is -0.384. The largest absolute Gasteiger partial charge is 0.494 e. The minimum absolute atomic E-state index is 0.0995. The van der Waals surface area contributed by atoms with Crippen molar-refractivity contribution < 1.29 is 19.2 Å². The molecule has 0 atom stereocenters. The average Bonchev–Trinajstić information content (AvgIpc) is 3.35. The van der Waals surface area contributed by atoms with Gasteiger partial charge in [0.25, 0.3) is 5.69 Å². The summed E-state index contributed by atoms with van der Waals surface area (Å²) in [7, 11) is 8.43. The van der Waals surface area contributed by atoms with Gasteiger partial charge in [-0.25, -0.2) is 14.8 Å². The smallest absolute Gasteiger partial charge is 0.341 e. The van der Waals surface area contributed by atoms with E-state index in [2.05, 4.69) is 20.3 Å². The fourth-order valence-electron chi connectivity index (χ4n) is 4.04. The van der Waals surface area contributed by atoms with Crippen LogP contribution in [0.25, 0.3) is 22.2 Å². The molecular weight excluding hydrogens is 490 g/mol. The highest BCUT2D eigenvalue weighted by Crippen LogP contribution is 2.39. The lowest BCUT2D eigenvalue weighted by Gasteiger charge is -2.22. The van der Waals surface area contributed by atoms with Gasteiger partial charge in [-0.1, -0.05) is 18.2 Å². The molecule has 0 amide bonds. The summed E-state index contributed by atoms with van der Waals surface area (Å²) in [5.41, 5.74) is 2.71. The second-order valence-corrected chi connectivity index (χ2v) is 8.84. The summed E-state index contributed by atoms with van der Waals surface area (Å²) in [6, 6.07) is 10.6. The topological polar surface area (TPSA) is 139 Å². The number of benzene rings is 2. The number of carbonyl (C=O) groups is 1. The maximum Gasteiger partial charge on any atom is 0.341 e. The number of nitro benzene ring substituents is 1. The molecule has 0 spiro atoms. The number of methoxy groups -OCH3 is 2. The van der Waals surface area contributed by atoms with Gasteiger partial charge in [-0.05, 0) is 20.2 Å². The predicted molar refractivity (Wildman–Crippen MR) is 145 cm³/mol. The van der Waals surface area contributed by atoms with Crippen molar-refractivity contribution in [2.75, 3.05) is 58.7 Å². The molecule has 0 radical (unpaired) electrons. The number of esters is 1. The minimum atomic E-state index is -0.588. The molecule has 0 bridgehead atoms. The van der Waals surface area contributed by atoms with Gasteiger partial charge in [0.05, 0.1) is 30.5 Å². The zero-order valence-electron chi connectivity index (χ0n) is 21.8. The Labute approximate surface area is 219 Å². The third-order valence-corrected chi connectivity index (χ3v) is 6.07. The first kappa shape index (κ1) is 26.4. The number of hydrogen-bond donors (Lipinski definition) is 2. The van der Waals surface area contributed by atoms with Crippen LogP contribution in [0.3, 0.4) is 0 Å². The van der Waals surface area contributed by atoms with Crippen molar-refractivity contribution >= 4 is 39.9 Å². The summed E-state index contributed by atoms with van der Waals surface area (Å²) in [6.45, 7) is 1.29. The van der Waals surface area contributed by atoms with Gasteiger partial charge in [0.15, 0.2) is 0 Å². The number of rotatable bonds is 10. The molecule has 0 saturated carbocycles. The summed E-state index contributed by atoms with van der Waals surface area (Å²) in [6.07, 6.45) is 3.12. The molecular formula is C26H29N7O5. The summed E-state index contributed by atoms with van der Waals surface area (Å²) in [5.74, 6) is -0.0917. The number of carbonyl (C=O) groups excluding carboxylic acids is 1. The van der Waals surface area contributed by atoms with E-state index in [0.29, 0.717) is 41.5 Å². The molecule has 0 aliphatic heterocycles. The van der Waals surface area contributed by atoms with Gasteiger partial charge in [0.2, 0.25) is 5.95 Å². The molecule has 2 aromatic heterocycles. The van der Waals surface area contributed by atoms with Crippen molar-refractivity contribution in [3.8, 4) is 17.0 Å². The Balaban J connectivity index is 1.77. The lowest BCUT2D eigenvalue weighted by atomic mass is 10.1. The molecule has 2 aromatic carbocycles. The van der Waals surface area contributed by atoms with Gasteiger partial charge in [0, 0.05) is 61.1 Å². The third kappa shape index (κ3) is 5.34. The Morgan fingerprint density at radius 2 is 1.92 bits per heavy atom. The highest BCUT2D eigenvalue weighted by molar-refractivity contribution is 6.02. The molecule has 2 N–H and O–H groups in total. The minimum Gasteiger partial charge on any atom is -0.494 e. The van der Waals surface area contributed by atoms with E-state index in [1.807, 2.05) is 43.3 Å². The number of fused-ring (bicyclic) bond motifs is 1. The fourth-order valence-corrected chi connectivity index (χ4v) is 4.04. The second kappa shape index (κ2) is 11.1. The number of ether oxygens (including phenoxy) is 2. The van der Waals surface area contributed by atoms with E-state index >= 15 is 0 Å². The van der Waals surface area contributed by atoms with E-state index < -0.39 is 10.9 Å². The van der Waals surface area contributed by atoms with Gasteiger partial charge < -0.3 is 29.6 Å². The van der Waals surface area contributed by atoms with E-state index in [1.54, 1.807) is 24.2 Å². The zero-order valence-corrected chi connectivity index (χ0v) is 21.8. The van der Waals surface area contributed by atoms with Crippen LogP contribution >= 0.6 is 0 Å². The van der Waals surface area contributed by atoms with Crippen LogP contribution in [-0.2, 0) is 4.74 Å².